The lowest BCUT2D eigenvalue weighted by atomic mass is 10.0. The van der Waals surface area contributed by atoms with Crippen molar-refractivity contribution in [2.75, 3.05) is 0 Å². The first-order chi connectivity index (χ1) is 6.29. The Balaban J connectivity index is 3.08. The van der Waals surface area contributed by atoms with Gasteiger partial charge in [-0.1, -0.05) is 24.3 Å². The molecule has 0 saturated carbocycles. The Labute approximate surface area is 79.0 Å². The van der Waals surface area contributed by atoms with Gasteiger partial charge in [0.25, 0.3) is 0 Å². The standard InChI is InChI=1S/C12H13O/c1-3-6-10-8-5-9-12(13)11(10)7-4-2/h3-6,8-9,13H,1-2,7H2. The van der Waals surface area contributed by atoms with E-state index in [4.69, 9.17) is 0 Å². The first kappa shape index (κ1) is 9.59. The maximum atomic E-state index is 9.55. The smallest absolute Gasteiger partial charge is 0.119 e. The van der Waals surface area contributed by atoms with Crippen LogP contribution in [-0.2, 0) is 6.42 Å². The maximum Gasteiger partial charge on any atom is 0.119 e. The molecule has 0 bridgehead atoms. The summed E-state index contributed by atoms with van der Waals surface area (Å²) >= 11 is 0. The summed E-state index contributed by atoms with van der Waals surface area (Å²) in [7, 11) is 0. The molecule has 0 aliphatic carbocycles. The molecule has 0 heterocycles. The highest BCUT2D eigenvalue weighted by molar-refractivity contribution is 5.45. The van der Waals surface area contributed by atoms with Crippen molar-refractivity contribution in [3.63, 3.8) is 0 Å². The first-order valence-electron chi connectivity index (χ1n) is 4.17. The van der Waals surface area contributed by atoms with Crippen molar-refractivity contribution in [3.8, 4) is 5.75 Å². The van der Waals surface area contributed by atoms with Crippen LogP contribution < -0.4 is 0 Å². The second kappa shape index (κ2) is 4.51. The third-order valence-corrected chi connectivity index (χ3v) is 1.83. The zero-order chi connectivity index (χ0) is 9.68. The van der Waals surface area contributed by atoms with E-state index in [0.29, 0.717) is 12.2 Å². The van der Waals surface area contributed by atoms with Crippen LogP contribution in [0.2, 0.25) is 0 Å². The second-order valence-corrected chi connectivity index (χ2v) is 2.74. The molecule has 0 aliphatic heterocycles. The highest BCUT2D eigenvalue weighted by Gasteiger charge is 2.03. The van der Waals surface area contributed by atoms with Gasteiger partial charge in [0.05, 0.1) is 0 Å². The Hall–Kier alpha value is -1.50. The van der Waals surface area contributed by atoms with Crippen molar-refractivity contribution in [1.82, 2.24) is 0 Å². The first-order valence-corrected chi connectivity index (χ1v) is 4.17. The minimum atomic E-state index is 0.315. The molecule has 13 heavy (non-hydrogen) atoms. The fourth-order valence-electron chi connectivity index (χ4n) is 1.24. The number of hydrogen-bond acceptors (Lipinski definition) is 1. The van der Waals surface area contributed by atoms with Crippen molar-refractivity contribution >= 4 is 0 Å². The van der Waals surface area contributed by atoms with E-state index in [2.05, 4.69) is 13.2 Å². The van der Waals surface area contributed by atoms with Gasteiger partial charge in [-0.05, 0) is 18.1 Å². The van der Waals surface area contributed by atoms with Gasteiger partial charge in [-0.2, -0.15) is 0 Å². The Morgan fingerprint density at radius 2 is 2.08 bits per heavy atom. The van der Waals surface area contributed by atoms with E-state index < -0.39 is 0 Å². The molecule has 1 aromatic rings. The predicted octanol–water partition coefficient (Wildman–Crippen LogP) is 2.86. The Kier molecular flexibility index (Phi) is 3.32. The molecule has 0 saturated heterocycles. The summed E-state index contributed by atoms with van der Waals surface area (Å²) in [5.74, 6) is 0.315. The van der Waals surface area contributed by atoms with Gasteiger partial charge in [0, 0.05) is 12.0 Å². The van der Waals surface area contributed by atoms with Crippen LogP contribution in [0, 0.1) is 6.42 Å². The molecule has 1 aromatic carbocycles. The lowest BCUT2D eigenvalue weighted by Gasteiger charge is -2.06. The number of phenolic OH excluding ortho intramolecular Hbond substituents is 1. The van der Waals surface area contributed by atoms with Crippen molar-refractivity contribution in [2.45, 2.75) is 6.42 Å². The van der Waals surface area contributed by atoms with Gasteiger partial charge >= 0.3 is 0 Å². The molecule has 1 heteroatoms. The van der Waals surface area contributed by atoms with E-state index in [1.807, 2.05) is 18.6 Å². The number of aromatic hydroxyl groups is 1. The van der Waals surface area contributed by atoms with Crippen molar-refractivity contribution in [3.05, 3.63) is 61.1 Å². The SMILES string of the molecule is C=C[CH]c1cccc(O)c1CC=C. The van der Waals surface area contributed by atoms with Crippen LogP contribution in [0.4, 0.5) is 0 Å². The third-order valence-electron chi connectivity index (χ3n) is 1.83. The minimum absolute atomic E-state index is 0.315. The van der Waals surface area contributed by atoms with E-state index in [0.717, 1.165) is 11.1 Å². The number of hydrogen-bond donors (Lipinski definition) is 1. The predicted molar refractivity (Wildman–Crippen MR) is 55.6 cm³/mol. The van der Waals surface area contributed by atoms with Crippen molar-refractivity contribution in [1.29, 1.82) is 0 Å². The number of benzene rings is 1. The summed E-state index contributed by atoms with van der Waals surface area (Å²) in [6.07, 6.45) is 6.03. The average Bonchev–Trinajstić information content (AvgIpc) is 2.11. The maximum absolute atomic E-state index is 9.55. The quantitative estimate of drug-likeness (QED) is 0.694. The number of phenols is 1. The van der Waals surface area contributed by atoms with Crippen molar-refractivity contribution in [2.24, 2.45) is 0 Å². The van der Waals surface area contributed by atoms with E-state index >= 15 is 0 Å². The second-order valence-electron chi connectivity index (χ2n) is 2.74. The zero-order valence-electron chi connectivity index (χ0n) is 7.53. The van der Waals surface area contributed by atoms with Gasteiger partial charge < -0.3 is 5.11 Å². The van der Waals surface area contributed by atoms with E-state index in [-0.39, 0.29) is 0 Å². The zero-order valence-corrected chi connectivity index (χ0v) is 7.53. The van der Waals surface area contributed by atoms with Crippen LogP contribution in [0.15, 0.2) is 43.5 Å². The van der Waals surface area contributed by atoms with E-state index in [9.17, 15) is 5.11 Å². The van der Waals surface area contributed by atoms with Gasteiger partial charge in [0.2, 0.25) is 0 Å². The van der Waals surface area contributed by atoms with E-state index in [1.54, 1.807) is 18.2 Å². The van der Waals surface area contributed by atoms with Crippen LogP contribution in [0.1, 0.15) is 11.1 Å². The monoisotopic (exact) mass is 173 g/mol. The molecule has 0 amide bonds. The molecule has 1 N–H and O–H groups in total. The van der Waals surface area contributed by atoms with Crippen LogP contribution in [-0.4, -0.2) is 5.11 Å². The topological polar surface area (TPSA) is 20.2 Å². The summed E-state index contributed by atoms with van der Waals surface area (Å²) in [6, 6.07) is 5.44. The van der Waals surface area contributed by atoms with Crippen LogP contribution in [0.5, 0.6) is 5.75 Å². The fourth-order valence-corrected chi connectivity index (χ4v) is 1.24. The van der Waals surface area contributed by atoms with Crippen LogP contribution in [0.25, 0.3) is 0 Å². The van der Waals surface area contributed by atoms with Gasteiger partial charge in [0.1, 0.15) is 5.75 Å². The summed E-state index contributed by atoms with van der Waals surface area (Å²) in [4.78, 5) is 0. The lowest BCUT2D eigenvalue weighted by Crippen LogP contribution is -1.90. The Bertz CT molecular complexity index is 313. The Morgan fingerprint density at radius 1 is 1.31 bits per heavy atom. The van der Waals surface area contributed by atoms with E-state index in [1.165, 1.54) is 0 Å². The van der Waals surface area contributed by atoms with Crippen LogP contribution in [0.3, 0.4) is 0 Å². The Morgan fingerprint density at radius 3 is 2.69 bits per heavy atom. The molecule has 0 atom stereocenters. The summed E-state index contributed by atoms with van der Waals surface area (Å²) in [5.41, 5.74) is 1.90. The highest BCUT2D eigenvalue weighted by Crippen LogP contribution is 2.23. The van der Waals surface area contributed by atoms with Gasteiger partial charge in [-0.15, -0.1) is 13.2 Å². The summed E-state index contributed by atoms with van der Waals surface area (Å²) in [5, 5.41) is 9.55. The molecule has 1 nitrogen and oxygen atoms in total. The molecule has 0 aromatic heterocycles. The lowest BCUT2D eigenvalue weighted by molar-refractivity contribution is 0.469. The van der Waals surface area contributed by atoms with Crippen molar-refractivity contribution < 1.29 is 5.11 Å². The molecule has 0 unspecified atom stereocenters. The fraction of sp³-hybridized carbons (Fsp3) is 0.0833. The molecule has 67 valence electrons. The molecular formula is C12H13O. The minimum Gasteiger partial charge on any atom is -0.508 e. The molecule has 0 fully saturated rings. The largest absolute Gasteiger partial charge is 0.508 e. The van der Waals surface area contributed by atoms with Crippen LogP contribution >= 0.6 is 0 Å². The molecule has 0 spiro atoms. The summed E-state index contributed by atoms with van der Waals surface area (Å²) < 4.78 is 0. The molecule has 0 aliphatic rings. The normalized spacial score (nSPS) is 9.54. The number of allylic oxidation sites excluding steroid dienone is 2. The highest BCUT2D eigenvalue weighted by atomic mass is 16.3. The average molecular weight is 173 g/mol. The summed E-state index contributed by atoms with van der Waals surface area (Å²) in [6.45, 7) is 7.27. The van der Waals surface area contributed by atoms with Gasteiger partial charge in [0.15, 0.2) is 0 Å². The molecule has 1 radical (unpaired) electrons. The van der Waals surface area contributed by atoms with Gasteiger partial charge in [-0.25, -0.2) is 0 Å². The molecule has 1 rings (SSSR count). The number of rotatable bonds is 4. The molecular weight excluding hydrogens is 160 g/mol. The van der Waals surface area contributed by atoms with Gasteiger partial charge in [-0.3, -0.25) is 0 Å². The third kappa shape index (κ3) is 2.22.